The highest BCUT2D eigenvalue weighted by Gasteiger charge is 2.09. The van der Waals surface area contributed by atoms with Crippen molar-refractivity contribution >= 4 is 28.7 Å². The summed E-state index contributed by atoms with van der Waals surface area (Å²) in [6.45, 7) is 1.28. The lowest BCUT2D eigenvalue weighted by Crippen LogP contribution is -2.24. The van der Waals surface area contributed by atoms with Crippen LogP contribution in [0.25, 0.3) is 16.8 Å². The molecule has 2 aromatic rings. The number of amides is 1. The van der Waals surface area contributed by atoms with Crippen LogP contribution in [-0.4, -0.2) is 17.0 Å². The lowest BCUT2D eigenvalue weighted by Gasteiger charge is -2.05. The van der Waals surface area contributed by atoms with Crippen LogP contribution in [0.1, 0.15) is 12.5 Å². The lowest BCUT2D eigenvalue weighted by molar-refractivity contribution is -0.134. The molecule has 2 rings (SSSR count). The van der Waals surface area contributed by atoms with Crippen LogP contribution >= 0.6 is 0 Å². The number of hydrogen-bond acceptors (Lipinski definition) is 2. The van der Waals surface area contributed by atoms with Gasteiger partial charge in [0.25, 0.3) is 0 Å². The first-order valence-electron chi connectivity index (χ1n) is 5.78. The molecule has 0 saturated carbocycles. The molecule has 0 saturated heterocycles. The van der Waals surface area contributed by atoms with Crippen molar-refractivity contribution in [2.45, 2.75) is 6.92 Å². The second kappa shape index (κ2) is 5.35. The van der Waals surface area contributed by atoms with Crippen molar-refractivity contribution in [3.05, 3.63) is 53.7 Å². The highest BCUT2D eigenvalue weighted by molar-refractivity contribution is 5.99. The monoisotopic (exact) mass is 255 g/mol. The maximum absolute atomic E-state index is 11.1. The number of benzene rings is 2. The molecule has 4 heteroatoms. The Morgan fingerprint density at radius 3 is 2.47 bits per heavy atom. The maximum Gasteiger partial charge on any atom is 0.352 e. The molecule has 4 nitrogen and oxygen atoms in total. The summed E-state index contributed by atoms with van der Waals surface area (Å²) in [5.41, 5.74) is 0.619. The summed E-state index contributed by atoms with van der Waals surface area (Å²) in [5, 5.41) is 13.3. The standard InChI is InChI=1S/C15H13NO3/c1-10(17)16-14(15(18)19)9-12-7-4-6-11-5-2-3-8-13(11)12/h2-9H,1H3,(H,16,17)(H,18,19)/b14-9-. The largest absolute Gasteiger partial charge is 0.477 e. The van der Waals surface area contributed by atoms with E-state index < -0.39 is 11.9 Å². The summed E-state index contributed by atoms with van der Waals surface area (Å²) in [6.07, 6.45) is 1.46. The van der Waals surface area contributed by atoms with E-state index in [1.807, 2.05) is 42.5 Å². The predicted octanol–water partition coefficient (Wildman–Crippen LogP) is 2.40. The SMILES string of the molecule is CC(=O)N/C(=C\c1cccc2ccccc12)C(=O)O. The molecule has 0 spiro atoms. The van der Waals surface area contributed by atoms with Crippen LogP contribution in [0.5, 0.6) is 0 Å². The Kier molecular flexibility index (Phi) is 3.61. The van der Waals surface area contributed by atoms with E-state index in [9.17, 15) is 9.59 Å². The van der Waals surface area contributed by atoms with E-state index in [0.717, 1.165) is 16.3 Å². The molecule has 1 amide bonds. The summed E-state index contributed by atoms with van der Waals surface area (Å²) in [6, 6.07) is 13.3. The summed E-state index contributed by atoms with van der Waals surface area (Å²) in [4.78, 5) is 22.1. The molecule has 0 aromatic heterocycles. The quantitative estimate of drug-likeness (QED) is 0.828. The van der Waals surface area contributed by atoms with Crippen molar-refractivity contribution < 1.29 is 14.7 Å². The minimum absolute atomic E-state index is 0.135. The molecular formula is C15H13NO3. The third-order valence-electron chi connectivity index (χ3n) is 2.66. The minimum atomic E-state index is -1.16. The number of hydrogen-bond donors (Lipinski definition) is 2. The number of fused-ring (bicyclic) bond motifs is 1. The topological polar surface area (TPSA) is 66.4 Å². The number of carbonyl (C=O) groups excluding carboxylic acids is 1. The van der Waals surface area contributed by atoms with Crippen LogP contribution < -0.4 is 5.32 Å². The molecule has 0 atom stereocenters. The maximum atomic E-state index is 11.1. The number of carbonyl (C=O) groups is 2. The molecule has 2 aromatic carbocycles. The third kappa shape index (κ3) is 2.98. The van der Waals surface area contributed by atoms with Crippen LogP contribution in [0.4, 0.5) is 0 Å². The van der Waals surface area contributed by atoms with Crippen LogP contribution in [0.3, 0.4) is 0 Å². The molecular weight excluding hydrogens is 242 g/mol. The molecule has 0 fully saturated rings. The number of aliphatic carboxylic acids is 1. The first-order valence-corrected chi connectivity index (χ1v) is 5.78. The molecule has 2 N–H and O–H groups in total. The van der Waals surface area contributed by atoms with E-state index in [2.05, 4.69) is 5.32 Å². The molecule has 0 heterocycles. The molecule has 19 heavy (non-hydrogen) atoms. The number of carboxylic acids is 1. The van der Waals surface area contributed by atoms with E-state index in [1.165, 1.54) is 13.0 Å². The van der Waals surface area contributed by atoms with Gasteiger partial charge >= 0.3 is 5.97 Å². The van der Waals surface area contributed by atoms with Gasteiger partial charge in [0.15, 0.2) is 0 Å². The molecule has 96 valence electrons. The molecule has 0 radical (unpaired) electrons. The zero-order valence-corrected chi connectivity index (χ0v) is 10.4. The molecule has 0 bridgehead atoms. The number of carboxylic acid groups (broad SMARTS) is 1. The van der Waals surface area contributed by atoms with Gasteiger partial charge in [-0.05, 0) is 22.4 Å². The fourth-order valence-corrected chi connectivity index (χ4v) is 1.87. The summed E-state index contributed by atoms with van der Waals surface area (Å²) < 4.78 is 0. The Hall–Kier alpha value is -2.62. The molecule has 0 aliphatic rings. The minimum Gasteiger partial charge on any atom is -0.477 e. The Bertz CT molecular complexity index is 669. The average Bonchev–Trinajstić information content (AvgIpc) is 2.37. The van der Waals surface area contributed by atoms with Crippen molar-refractivity contribution in [1.82, 2.24) is 5.32 Å². The Labute approximate surface area is 110 Å². The Morgan fingerprint density at radius 1 is 1.11 bits per heavy atom. The van der Waals surface area contributed by atoms with Gasteiger partial charge in [0.2, 0.25) is 5.91 Å². The van der Waals surface area contributed by atoms with Gasteiger partial charge in [-0.25, -0.2) is 4.79 Å². The van der Waals surface area contributed by atoms with E-state index >= 15 is 0 Å². The summed E-state index contributed by atoms with van der Waals surface area (Å²) in [7, 11) is 0. The first kappa shape index (κ1) is 12.8. The number of nitrogens with one attached hydrogen (secondary N) is 1. The van der Waals surface area contributed by atoms with Gasteiger partial charge in [0, 0.05) is 6.92 Å². The first-order chi connectivity index (χ1) is 9.08. The third-order valence-corrected chi connectivity index (χ3v) is 2.66. The zero-order chi connectivity index (χ0) is 13.8. The van der Waals surface area contributed by atoms with Crippen molar-refractivity contribution in [3.63, 3.8) is 0 Å². The predicted molar refractivity (Wildman–Crippen MR) is 73.4 cm³/mol. The van der Waals surface area contributed by atoms with Crippen LogP contribution in [0, 0.1) is 0 Å². The van der Waals surface area contributed by atoms with Crippen molar-refractivity contribution in [2.75, 3.05) is 0 Å². The van der Waals surface area contributed by atoms with E-state index in [-0.39, 0.29) is 5.70 Å². The van der Waals surface area contributed by atoms with Gasteiger partial charge in [-0.3, -0.25) is 4.79 Å². The zero-order valence-electron chi connectivity index (χ0n) is 10.4. The van der Waals surface area contributed by atoms with E-state index in [1.54, 1.807) is 0 Å². The fraction of sp³-hybridized carbons (Fsp3) is 0.0667. The number of rotatable bonds is 3. The Balaban J connectivity index is 2.54. The average molecular weight is 255 g/mol. The Morgan fingerprint density at radius 2 is 1.79 bits per heavy atom. The molecule has 0 aliphatic carbocycles. The second-order valence-corrected chi connectivity index (χ2v) is 4.11. The highest BCUT2D eigenvalue weighted by atomic mass is 16.4. The van der Waals surface area contributed by atoms with Crippen molar-refractivity contribution in [2.24, 2.45) is 0 Å². The van der Waals surface area contributed by atoms with Crippen LogP contribution in [0.15, 0.2) is 48.2 Å². The smallest absolute Gasteiger partial charge is 0.352 e. The van der Waals surface area contributed by atoms with Crippen LogP contribution in [-0.2, 0) is 9.59 Å². The van der Waals surface area contributed by atoms with E-state index in [4.69, 9.17) is 5.11 Å². The molecule has 0 aliphatic heterocycles. The van der Waals surface area contributed by atoms with Crippen molar-refractivity contribution in [1.29, 1.82) is 0 Å². The van der Waals surface area contributed by atoms with Gasteiger partial charge in [-0.2, -0.15) is 0 Å². The van der Waals surface area contributed by atoms with Gasteiger partial charge in [-0.1, -0.05) is 42.5 Å². The normalized spacial score (nSPS) is 11.3. The molecule has 0 unspecified atom stereocenters. The summed E-state index contributed by atoms with van der Waals surface area (Å²) >= 11 is 0. The highest BCUT2D eigenvalue weighted by Crippen LogP contribution is 2.20. The van der Waals surface area contributed by atoms with Gasteiger partial charge in [0.1, 0.15) is 5.70 Å². The van der Waals surface area contributed by atoms with Crippen LogP contribution in [0.2, 0.25) is 0 Å². The van der Waals surface area contributed by atoms with E-state index in [0.29, 0.717) is 0 Å². The lowest BCUT2D eigenvalue weighted by atomic mass is 10.0. The van der Waals surface area contributed by atoms with Crippen molar-refractivity contribution in [3.8, 4) is 0 Å². The fourth-order valence-electron chi connectivity index (χ4n) is 1.87. The van der Waals surface area contributed by atoms with Gasteiger partial charge < -0.3 is 10.4 Å². The van der Waals surface area contributed by atoms with Gasteiger partial charge in [-0.15, -0.1) is 0 Å². The van der Waals surface area contributed by atoms with Gasteiger partial charge in [0.05, 0.1) is 0 Å². The summed E-state index contributed by atoms with van der Waals surface area (Å²) in [5.74, 6) is -1.57. The second-order valence-electron chi connectivity index (χ2n) is 4.11.